The van der Waals surface area contributed by atoms with Gasteiger partial charge in [-0.25, -0.2) is 4.98 Å². The second kappa shape index (κ2) is 3.71. The van der Waals surface area contributed by atoms with E-state index in [0.29, 0.717) is 0 Å². The number of ether oxygens (including phenoxy) is 1. The molecule has 4 rings (SSSR count). The highest BCUT2D eigenvalue weighted by Crippen LogP contribution is 2.36. The van der Waals surface area contributed by atoms with Crippen molar-refractivity contribution in [1.29, 1.82) is 0 Å². The molecule has 0 saturated carbocycles. The van der Waals surface area contributed by atoms with Gasteiger partial charge < -0.3 is 9.72 Å². The van der Waals surface area contributed by atoms with Crippen molar-refractivity contribution in [2.75, 3.05) is 7.11 Å². The molecule has 0 radical (unpaired) electrons. The van der Waals surface area contributed by atoms with Crippen molar-refractivity contribution in [2.45, 2.75) is 6.92 Å². The van der Waals surface area contributed by atoms with E-state index in [1.54, 1.807) is 18.4 Å². The van der Waals surface area contributed by atoms with Crippen molar-refractivity contribution in [3.8, 4) is 5.75 Å². The highest BCUT2D eigenvalue weighted by Gasteiger charge is 2.11. The highest BCUT2D eigenvalue weighted by atomic mass is 32.1. The van der Waals surface area contributed by atoms with Crippen molar-refractivity contribution in [3.05, 3.63) is 35.3 Å². The minimum absolute atomic E-state index is 0.881. The predicted octanol–water partition coefficient (Wildman–Crippen LogP) is 4.25. The number of benzene rings is 2. The summed E-state index contributed by atoms with van der Waals surface area (Å²) in [6, 6.07) is 10.3. The van der Waals surface area contributed by atoms with Gasteiger partial charge in [0.25, 0.3) is 0 Å². The Morgan fingerprint density at radius 3 is 2.84 bits per heavy atom. The van der Waals surface area contributed by atoms with Crippen LogP contribution in [-0.4, -0.2) is 17.1 Å². The van der Waals surface area contributed by atoms with Gasteiger partial charge in [0.05, 0.1) is 22.3 Å². The molecule has 0 saturated heterocycles. The Morgan fingerprint density at radius 2 is 2.00 bits per heavy atom. The third-order valence-electron chi connectivity index (χ3n) is 3.43. The minimum Gasteiger partial charge on any atom is -0.497 e. The second-order valence-electron chi connectivity index (χ2n) is 4.61. The standard InChI is InChI=1S/C15H12N2OS/c1-8-16-13-6-5-12-14(15(13)19-8)10-7-9(18-2)3-4-11(10)17-12/h3-7,17H,1-2H3. The van der Waals surface area contributed by atoms with Gasteiger partial charge in [0.1, 0.15) is 5.75 Å². The largest absolute Gasteiger partial charge is 0.497 e. The molecule has 0 atom stereocenters. The van der Waals surface area contributed by atoms with Crippen LogP contribution in [0.25, 0.3) is 32.0 Å². The number of hydrogen-bond donors (Lipinski definition) is 1. The molecule has 3 nitrogen and oxygen atoms in total. The fourth-order valence-electron chi connectivity index (χ4n) is 2.59. The van der Waals surface area contributed by atoms with Crippen LogP contribution in [0.15, 0.2) is 30.3 Å². The van der Waals surface area contributed by atoms with Crippen LogP contribution >= 0.6 is 11.3 Å². The first kappa shape index (κ1) is 10.8. The van der Waals surface area contributed by atoms with Crippen LogP contribution in [0, 0.1) is 6.92 Å². The van der Waals surface area contributed by atoms with Gasteiger partial charge in [-0.15, -0.1) is 11.3 Å². The topological polar surface area (TPSA) is 37.9 Å². The lowest BCUT2D eigenvalue weighted by molar-refractivity contribution is 0.415. The van der Waals surface area contributed by atoms with E-state index in [2.05, 4.69) is 34.2 Å². The number of rotatable bonds is 1. The number of aromatic amines is 1. The number of hydrogen-bond acceptors (Lipinski definition) is 3. The molecule has 0 aliphatic heterocycles. The first-order valence-corrected chi connectivity index (χ1v) is 6.93. The molecular formula is C15H12N2OS. The number of methoxy groups -OCH3 is 1. The van der Waals surface area contributed by atoms with E-state index in [0.717, 1.165) is 27.3 Å². The SMILES string of the molecule is COc1ccc2[nH]c3ccc4nc(C)sc4c3c2c1. The molecule has 1 N–H and O–H groups in total. The zero-order valence-electron chi connectivity index (χ0n) is 10.7. The lowest BCUT2D eigenvalue weighted by Gasteiger charge is -1.99. The van der Waals surface area contributed by atoms with Gasteiger partial charge in [-0.1, -0.05) is 0 Å². The molecular weight excluding hydrogens is 256 g/mol. The number of nitrogens with one attached hydrogen (secondary N) is 1. The van der Waals surface area contributed by atoms with Gasteiger partial charge in [-0.2, -0.15) is 0 Å². The summed E-state index contributed by atoms with van der Waals surface area (Å²) in [4.78, 5) is 8.02. The maximum Gasteiger partial charge on any atom is 0.119 e. The van der Waals surface area contributed by atoms with Crippen LogP contribution in [0.4, 0.5) is 0 Å². The van der Waals surface area contributed by atoms with Crippen LogP contribution in [0.5, 0.6) is 5.75 Å². The molecule has 2 heterocycles. The predicted molar refractivity (Wildman–Crippen MR) is 80.3 cm³/mol. The van der Waals surface area contributed by atoms with Gasteiger partial charge >= 0.3 is 0 Å². The summed E-state index contributed by atoms with van der Waals surface area (Å²) in [5.41, 5.74) is 3.35. The van der Waals surface area contributed by atoms with E-state index in [-0.39, 0.29) is 0 Å². The lowest BCUT2D eigenvalue weighted by atomic mass is 10.1. The van der Waals surface area contributed by atoms with Crippen molar-refractivity contribution < 1.29 is 4.74 Å². The Kier molecular flexibility index (Phi) is 2.11. The first-order chi connectivity index (χ1) is 9.26. The Bertz CT molecular complexity index is 920. The molecule has 94 valence electrons. The molecule has 4 heteroatoms. The molecule has 0 spiro atoms. The van der Waals surface area contributed by atoms with Crippen LogP contribution in [-0.2, 0) is 0 Å². The maximum atomic E-state index is 5.33. The van der Waals surface area contributed by atoms with Crippen molar-refractivity contribution in [1.82, 2.24) is 9.97 Å². The molecule has 2 aromatic carbocycles. The van der Waals surface area contributed by atoms with E-state index in [1.807, 2.05) is 13.0 Å². The third-order valence-corrected chi connectivity index (χ3v) is 4.43. The Labute approximate surface area is 113 Å². The van der Waals surface area contributed by atoms with E-state index in [9.17, 15) is 0 Å². The van der Waals surface area contributed by atoms with E-state index in [4.69, 9.17) is 4.74 Å². The number of nitrogens with zero attached hydrogens (tertiary/aromatic N) is 1. The number of fused-ring (bicyclic) bond motifs is 5. The number of aryl methyl sites for hydroxylation is 1. The van der Waals surface area contributed by atoms with Crippen molar-refractivity contribution >= 4 is 43.4 Å². The molecule has 0 amide bonds. The van der Waals surface area contributed by atoms with E-state index >= 15 is 0 Å². The smallest absolute Gasteiger partial charge is 0.119 e. The highest BCUT2D eigenvalue weighted by molar-refractivity contribution is 7.19. The average Bonchev–Trinajstić information content (AvgIpc) is 2.96. The summed E-state index contributed by atoms with van der Waals surface area (Å²) in [5, 5.41) is 3.54. The summed E-state index contributed by atoms with van der Waals surface area (Å²) in [6.45, 7) is 2.05. The third kappa shape index (κ3) is 1.47. The Balaban J connectivity index is 2.26. The second-order valence-corrected chi connectivity index (χ2v) is 5.81. The Hall–Kier alpha value is -2.07. The van der Waals surface area contributed by atoms with Gasteiger partial charge in [-0.05, 0) is 37.3 Å². The quantitative estimate of drug-likeness (QED) is 0.560. The molecule has 0 bridgehead atoms. The normalized spacial score (nSPS) is 11.7. The molecule has 0 aliphatic carbocycles. The van der Waals surface area contributed by atoms with Crippen LogP contribution < -0.4 is 4.74 Å². The summed E-state index contributed by atoms with van der Waals surface area (Å²) >= 11 is 1.74. The van der Waals surface area contributed by atoms with Gasteiger partial charge in [0.2, 0.25) is 0 Å². The summed E-state index contributed by atoms with van der Waals surface area (Å²) < 4.78 is 6.58. The summed E-state index contributed by atoms with van der Waals surface area (Å²) in [5.74, 6) is 0.881. The summed E-state index contributed by atoms with van der Waals surface area (Å²) in [6.07, 6.45) is 0. The number of aromatic nitrogens is 2. The molecule has 4 aromatic rings. The average molecular weight is 268 g/mol. The fourth-order valence-corrected chi connectivity index (χ4v) is 3.57. The molecule has 0 unspecified atom stereocenters. The van der Waals surface area contributed by atoms with Gasteiger partial charge in [-0.3, -0.25) is 0 Å². The van der Waals surface area contributed by atoms with Crippen LogP contribution in [0.3, 0.4) is 0 Å². The summed E-state index contributed by atoms with van der Waals surface area (Å²) in [7, 11) is 1.70. The molecule has 0 aliphatic rings. The van der Waals surface area contributed by atoms with Gasteiger partial charge in [0.15, 0.2) is 0 Å². The van der Waals surface area contributed by atoms with E-state index in [1.165, 1.54) is 15.5 Å². The molecule has 19 heavy (non-hydrogen) atoms. The van der Waals surface area contributed by atoms with Crippen molar-refractivity contribution in [2.24, 2.45) is 0 Å². The zero-order chi connectivity index (χ0) is 13.0. The molecule has 2 aromatic heterocycles. The molecule has 0 fully saturated rings. The number of thiazole rings is 1. The number of H-pyrrole nitrogens is 1. The van der Waals surface area contributed by atoms with Crippen molar-refractivity contribution in [3.63, 3.8) is 0 Å². The lowest BCUT2D eigenvalue weighted by Crippen LogP contribution is -1.80. The monoisotopic (exact) mass is 268 g/mol. The van der Waals surface area contributed by atoms with Crippen LogP contribution in [0.2, 0.25) is 0 Å². The maximum absolute atomic E-state index is 5.33. The Morgan fingerprint density at radius 1 is 1.16 bits per heavy atom. The first-order valence-electron chi connectivity index (χ1n) is 6.12. The zero-order valence-corrected chi connectivity index (χ0v) is 11.5. The van der Waals surface area contributed by atoms with E-state index < -0.39 is 0 Å². The van der Waals surface area contributed by atoms with Gasteiger partial charge in [0, 0.05) is 21.8 Å². The minimum atomic E-state index is 0.881. The van der Waals surface area contributed by atoms with Crippen LogP contribution in [0.1, 0.15) is 5.01 Å². The fraction of sp³-hybridized carbons (Fsp3) is 0.133.